The number of nitriles is 1. The van der Waals surface area contributed by atoms with Crippen molar-refractivity contribution in [1.82, 2.24) is 4.98 Å². The van der Waals surface area contributed by atoms with Gasteiger partial charge in [-0.3, -0.25) is 0 Å². The summed E-state index contributed by atoms with van der Waals surface area (Å²) in [4.78, 5) is 4.22. The molecule has 62 valence electrons. The van der Waals surface area contributed by atoms with Crippen LogP contribution in [0.5, 0.6) is 0 Å². The quantitative estimate of drug-likeness (QED) is 0.696. The van der Waals surface area contributed by atoms with E-state index >= 15 is 0 Å². The first-order valence-corrected chi connectivity index (χ1v) is 4.84. The Balaban J connectivity index is 2.84. The second-order valence-electron chi connectivity index (χ2n) is 2.62. The average Bonchev–Trinajstić information content (AvgIpc) is 2.18. The summed E-state index contributed by atoms with van der Waals surface area (Å²) < 4.78 is 1.08. The lowest BCUT2D eigenvalue weighted by Gasteiger charge is -1.98. The molecule has 0 atom stereocenters. The molecule has 0 radical (unpaired) electrons. The first-order valence-electron chi connectivity index (χ1n) is 3.76. The number of hydrogen-bond donors (Lipinski definition) is 0. The maximum Gasteiger partial charge on any atom is 0.141 e. The number of aromatic nitrogens is 1. The molecule has 0 saturated carbocycles. The standard InChI is InChI=1S/C10H5IN2/c11-9-3-1-2-7-4-5-8(6-12)13-10(7)9/h1-5H. The highest BCUT2D eigenvalue weighted by Crippen LogP contribution is 2.18. The lowest BCUT2D eigenvalue weighted by atomic mass is 10.2. The Morgan fingerprint density at radius 2 is 2.08 bits per heavy atom. The van der Waals surface area contributed by atoms with E-state index < -0.39 is 0 Å². The van der Waals surface area contributed by atoms with E-state index in [0.29, 0.717) is 5.69 Å². The molecule has 0 bridgehead atoms. The van der Waals surface area contributed by atoms with Crippen LogP contribution in [-0.2, 0) is 0 Å². The number of nitrogens with zero attached hydrogens (tertiary/aromatic N) is 2. The summed E-state index contributed by atoms with van der Waals surface area (Å²) in [6.07, 6.45) is 0. The Labute approximate surface area is 89.4 Å². The van der Waals surface area contributed by atoms with Crippen molar-refractivity contribution in [3.8, 4) is 6.07 Å². The Morgan fingerprint density at radius 3 is 2.85 bits per heavy atom. The summed E-state index contributed by atoms with van der Waals surface area (Å²) in [5, 5.41) is 9.75. The number of halogens is 1. The monoisotopic (exact) mass is 280 g/mol. The summed E-state index contributed by atoms with van der Waals surface area (Å²) in [5.41, 5.74) is 1.37. The van der Waals surface area contributed by atoms with Crippen molar-refractivity contribution in [1.29, 1.82) is 5.26 Å². The maximum atomic E-state index is 8.67. The molecule has 0 spiro atoms. The Kier molecular flexibility index (Phi) is 2.15. The fourth-order valence-electron chi connectivity index (χ4n) is 1.17. The molecule has 2 nitrogen and oxygen atoms in total. The first-order chi connectivity index (χ1) is 6.31. The van der Waals surface area contributed by atoms with Gasteiger partial charge in [-0.1, -0.05) is 12.1 Å². The van der Waals surface area contributed by atoms with Crippen LogP contribution in [0.2, 0.25) is 0 Å². The summed E-state index contributed by atoms with van der Waals surface area (Å²) in [6.45, 7) is 0. The number of fused-ring (bicyclic) bond motifs is 1. The van der Waals surface area contributed by atoms with Crippen LogP contribution in [0, 0.1) is 14.9 Å². The Morgan fingerprint density at radius 1 is 1.23 bits per heavy atom. The molecule has 0 N–H and O–H groups in total. The van der Waals surface area contributed by atoms with Crippen molar-refractivity contribution in [2.45, 2.75) is 0 Å². The van der Waals surface area contributed by atoms with Gasteiger partial charge >= 0.3 is 0 Å². The molecule has 0 saturated heterocycles. The summed E-state index contributed by atoms with van der Waals surface area (Å²) in [5.74, 6) is 0. The van der Waals surface area contributed by atoms with E-state index in [0.717, 1.165) is 14.5 Å². The third-order valence-corrected chi connectivity index (χ3v) is 2.66. The van der Waals surface area contributed by atoms with Gasteiger partial charge in [-0.15, -0.1) is 0 Å². The van der Waals surface area contributed by atoms with Gasteiger partial charge in [0.1, 0.15) is 11.8 Å². The minimum atomic E-state index is 0.469. The number of benzene rings is 1. The molecule has 13 heavy (non-hydrogen) atoms. The molecule has 3 heteroatoms. The zero-order valence-corrected chi connectivity index (χ0v) is 8.82. The number of hydrogen-bond acceptors (Lipinski definition) is 2. The van der Waals surface area contributed by atoms with Crippen LogP contribution in [-0.4, -0.2) is 4.98 Å². The van der Waals surface area contributed by atoms with Gasteiger partial charge in [0, 0.05) is 8.96 Å². The minimum absolute atomic E-state index is 0.469. The van der Waals surface area contributed by atoms with Crippen molar-refractivity contribution in [3.63, 3.8) is 0 Å². The predicted molar refractivity (Wildman–Crippen MR) is 59.2 cm³/mol. The molecule has 0 aliphatic heterocycles. The van der Waals surface area contributed by atoms with Crippen LogP contribution >= 0.6 is 22.6 Å². The topological polar surface area (TPSA) is 36.7 Å². The van der Waals surface area contributed by atoms with Crippen molar-refractivity contribution in [2.75, 3.05) is 0 Å². The number of pyridine rings is 1. The fraction of sp³-hybridized carbons (Fsp3) is 0. The molecule has 1 aromatic heterocycles. The first kappa shape index (κ1) is 8.45. The SMILES string of the molecule is N#Cc1ccc2cccc(I)c2n1. The van der Waals surface area contributed by atoms with E-state index in [4.69, 9.17) is 5.26 Å². The van der Waals surface area contributed by atoms with E-state index in [1.54, 1.807) is 6.07 Å². The summed E-state index contributed by atoms with van der Waals surface area (Å²) in [6, 6.07) is 11.6. The van der Waals surface area contributed by atoms with E-state index in [-0.39, 0.29) is 0 Å². The van der Waals surface area contributed by atoms with E-state index in [1.807, 2.05) is 30.3 Å². The van der Waals surface area contributed by atoms with Crippen molar-refractivity contribution < 1.29 is 0 Å². The normalized spacial score (nSPS) is 9.85. The number of rotatable bonds is 0. The molecule has 1 aromatic carbocycles. The molecule has 0 aliphatic rings. The third-order valence-electron chi connectivity index (χ3n) is 1.79. The Bertz CT molecular complexity index is 500. The molecule has 0 fully saturated rings. The summed E-state index contributed by atoms with van der Waals surface area (Å²) >= 11 is 2.22. The van der Waals surface area contributed by atoms with Gasteiger partial charge in [0.25, 0.3) is 0 Å². The lowest BCUT2D eigenvalue weighted by molar-refractivity contribution is 1.32. The van der Waals surface area contributed by atoms with Crippen LogP contribution in [0.3, 0.4) is 0 Å². The van der Waals surface area contributed by atoms with Gasteiger partial charge in [0.2, 0.25) is 0 Å². The van der Waals surface area contributed by atoms with Crippen LogP contribution in [0.1, 0.15) is 5.69 Å². The zero-order valence-electron chi connectivity index (χ0n) is 6.66. The minimum Gasteiger partial charge on any atom is -0.236 e. The molecule has 1 heterocycles. The number of para-hydroxylation sites is 1. The van der Waals surface area contributed by atoms with Gasteiger partial charge in [-0.2, -0.15) is 5.26 Å². The summed E-state index contributed by atoms with van der Waals surface area (Å²) in [7, 11) is 0. The molecular weight excluding hydrogens is 275 g/mol. The third kappa shape index (κ3) is 1.49. The van der Waals surface area contributed by atoms with Crippen LogP contribution < -0.4 is 0 Å². The second-order valence-corrected chi connectivity index (χ2v) is 3.78. The highest BCUT2D eigenvalue weighted by Gasteiger charge is 1.99. The second kappa shape index (κ2) is 3.30. The Hall–Kier alpha value is -1.15. The van der Waals surface area contributed by atoms with E-state index in [9.17, 15) is 0 Å². The zero-order chi connectivity index (χ0) is 9.26. The van der Waals surface area contributed by atoms with Crippen LogP contribution in [0.25, 0.3) is 10.9 Å². The van der Waals surface area contributed by atoms with Crippen molar-refractivity contribution >= 4 is 33.5 Å². The largest absolute Gasteiger partial charge is 0.236 e. The van der Waals surface area contributed by atoms with Crippen molar-refractivity contribution in [3.05, 3.63) is 39.6 Å². The lowest BCUT2D eigenvalue weighted by Crippen LogP contribution is -1.86. The van der Waals surface area contributed by atoms with Gasteiger partial charge < -0.3 is 0 Å². The molecule has 0 aliphatic carbocycles. The van der Waals surface area contributed by atoms with Gasteiger partial charge in [0.05, 0.1) is 5.52 Å². The molecule has 2 rings (SSSR count). The van der Waals surface area contributed by atoms with Crippen LogP contribution in [0.15, 0.2) is 30.3 Å². The van der Waals surface area contributed by atoms with Gasteiger partial charge in [0.15, 0.2) is 0 Å². The smallest absolute Gasteiger partial charge is 0.141 e. The average molecular weight is 280 g/mol. The van der Waals surface area contributed by atoms with Gasteiger partial charge in [-0.05, 0) is 40.8 Å². The van der Waals surface area contributed by atoms with Crippen molar-refractivity contribution in [2.24, 2.45) is 0 Å². The fourth-order valence-corrected chi connectivity index (χ4v) is 1.81. The highest BCUT2D eigenvalue weighted by molar-refractivity contribution is 14.1. The molecule has 0 unspecified atom stereocenters. The van der Waals surface area contributed by atoms with Crippen LogP contribution in [0.4, 0.5) is 0 Å². The predicted octanol–water partition coefficient (Wildman–Crippen LogP) is 2.71. The van der Waals surface area contributed by atoms with E-state index in [1.165, 1.54) is 0 Å². The van der Waals surface area contributed by atoms with E-state index in [2.05, 4.69) is 27.6 Å². The highest BCUT2D eigenvalue weighted by atomic mass is 127. The molecule has 2 aromatic rings. The molecule has 0 amide bonds. The molecular formula is C10H5IN2. The maximum absolute atomic E-state index is 8.67. The van der Waals surface area contributed by atoms with Gasteiger partial charge in [-0.25, -0.2) is 4.98 Å².